The number of nitrogens with one attached hydrogen (secondary N) is 3. The summed E-state index contributed by atoms with van der Waals surface area (Å²) in [6, 6.07) is 10.3. The first-order valence-electron chi connectivity index (χ1n) is 17.4. The van der Waals surface area contributed by atoms with Crippen LogP contribution in [0.5, 0.6) is 17.2 Å². The molecule has 2 aliphatic heterocycles. The standard InChI is InChI=1S/C37H51N5O8/c1-24(2)20-26-23-50-30-13-7-6-11-27(30)35(45)40-28(36(46)38-18-8-10-25-14-16-31(48-4)32(21-25)49-5)15-17-34(44)42-19-9-12-29(42)37(47)41(3)22-33(43)39-26/h6-7,11,13-14,16,21,24,26,28-29H,8-10,12,15,17-20,22-23H2,1-5H3,(H,38,46)(H,39,43)(H,40,45)/t26-,28-,29-/m0/s1. The molecule has 0 unspecified atom stereocenters. The number of amides is 5. The third-order valence-corrected chi connectivity index (χ3v) is 8.97. The van der Waals surface area contributed by atoms with Gasteiger partial charge in [-0.05, 0) is 74.3 Å². The molecule has 0 saturated carbocycles. The molecule has 13 heteroatoms. The molecule has 3 N–H and O–H groups in total. The molecule has 0 aliphatic carbocycles. The Morgan fingerprint density at radius 2 is 1.78 bits per heavy atom. The molecule has 0 radical (unpaired) electrons. The van der Waals surface area contributed by atoms with Crippen molar-refractivity contribution in [1.29, 1.82) is 0 Å². The van der Waals surface area contributed by atoms with Gasteiger partial charge in [0.05, 0.1) is 32.4 Å². The summed E-state index contributed by atoms with van der Waals surface area (Å²) in [4.78, 5) is 70.1. The van der Waals surface area contributed by atoms with Crippen LogP contribution in [0.3, 0.4) is 0 Å². The number of benzene rings is 2. The number of nitrogens with zero attached hydrogens (tertiary/aromatic N) is 2. The van der Waals surface area contributed by atoms with Gasteiger partial charge in [0.15, 0.2) is 11.5 Å². The zero-order chi connectivity index (χ0) is 36.2. The minimum absolute atomic E-state index is 0.0290. The summed E-state index contributed by atoms with van der Waals surface area (Å²) in [6.07, 6.45) is 2.99. The monoisotopic (exact) mass is 693 g/mol. The largest absolute Gasteiger partial charge is 0.493 e. The molecule has 0 spiro atoms. The van der Waals surface area contributed by atoms with Gasteiger partial charge in [-0.15, -0.1) is 0 Å². The lowest BCUT2D eigenvalue weighted by Gasteiger charge is -2.29. The van der Waals surface area contributed by atoms with Crippen LogP contribution in [0.25, 0.3) is 0 Å². The van der Waals surface area contributed by atoms with Crippen molar-refractivity contribution < 1.29 is 38.2 Å². The van der Waals surface area contributed by atoms with Crippen molar-refractivity contribution in [1.82, 2.24) is 25.8 Å². The SMILES string of the molecule is COc1ccc(CCCNC(=O)[C@@H]2CCC(=O)N3CCC[C@H]3C(=O)N(C)CC(=O)N[C@@H](CC(C)C)COc3ccccc3C(=O)N2)cc1OC. The van der Waals surface area contributed by atoms with Crippen LogP contribution < -0.4 is 30.2 Å². The Bertz CT molecular complexity index is 1510. The highest BCUT2D eigenvalue weighted by molar-refractivity contribution is 6.00. The molecule has 1 fully saturated rings. The fraction of sp³-hybridized carbons (Fsp3) is 0.541. The summed E-state index contributed by atoms with van der Waals surface area (Å²) in [7, 11) is 4.71. The Balaban J connectivity index is 1.53. The second-order valence-corrected chi connectivity index (χ2v) is 13.3. The van der Waals surface area contributed by atoms with E-state index in [9.17, 15) is 24.0 Å². The number of carbonyl (C=O) groups is 5. The summed E-state index contributed by atoms with van der Waals surface area (Å²) in [5.74, 6) is -0.0999. The number of methoxy groups -OCH3 is 2. The molecule has 1 saturated heterocycles. The second kappa shape index (κ2) is 18.3. The fourth-order valence-electron chi connectivity index (χ4n) is 6.43. The highest BCUT2D eigenvalue weighted by Crippen LogP contribution is 2.28. The molecular formula is C37H51N5O8. The number of likely N-dealkylation sites (N-methyl/N-ethyl adjacent to an activating group) is 1. The van der Waals surface area contributed by atoms with Crippen molar-refractivity contribution in [3.63, 3.8) is 0 Å². The molecule has 2 aromatic rings. The van der Waals surface area contributed by atoms with E-state index in [1.165, 1.54) is 9.80 Å². The van der Waals surface area contributed by atoms with Crippen LogP contribution >= 0.6 is 0 Å². The maximum atomic E-state index is 13.7. The van der Waals surface area contributed by atoms with E-state index in [1.54, 1.807) is 45.5 Å². The first-order chi connectivity index (χ1) is 24.0. The zero-order valence-corrected chi connectivity index (χ0v) is 29.8. The lowest BCUT2D eigenvalue weighted by atomic mass is 10.0. The van der Waals surface area contributed by atoms with Crippen LogP contribution in [-0.4, -0.2) is 105 Å². The molecule has 50 heavy (non-hydrogen) atoms. The van der Waals surface area contributed by atoms with E-state index in [0.717, 1.165) is 5.56 Å². The number of hydrogen-bond acceptors (Lipinski definition) is 8. The van der Waals surface area contributed by atoms with Crippen molar-refractivity contribution in [2.24, 2.45) is 5.92 Å². The molecular weight excluding hydrogens is 642 g/mol. The second-order valence-electron chi connectivity index (χ2n) is 13.3. The fourth-order valence-corrected chi connectivity index (χ4v) is 6.43. The average Bonchev–Trinajstić information content (AvgIpc) is 3.59. The maximum Gasteiger partial charge on any atom is 0.255 e. The van der Waals surface area contributed by atoms with E-state index >= 15 is 0 Å². The third-order valence-electron chi connectivity index (χ3n) is 8.97. The average molecular weight is 694 g/mol. The molecule has 4 rings (SSSR count). The van der Waals surface area contributed by atoms with Crippen molar-refractivity contribution in [3.8, 4) is 17.2 Å². The predicted molar refractivity (Wildman–Crippen MR) is 187 cm³/mol. The summed E-state index contributed by atoms with van der Waals surface area (Å²) in [5.41, 5.74) is 1.24. The Labute approximate surface area is 294 Å². The van der Waals surface area contributed by atoms with Crippen molar-refractivity contribution in [2.45, 2.75) is 76.9 Å². The summed E-state index contributed by atoms with van der Waals surface area (Å²) in [6.45, 7) is 4.73. The molecule has 0 bridgehead atoms. The molecule has 13 nitrogen and oxygen atoms in total. The number of fused-ring (bicyclic) bond motifs is 2. The van der Waals surface area contributed by atoms with Crippen molar-refractivity contribution in [2.75, 3.05) is 47.5 Å². The highest BCUT2D eigenvalue weighted by Gasteiger charge is 2.37. The molecule has 3 atom stereocenters. The van der Waals surface area contributed by atoms with E-state index in [0.29, 0.717) is 62.4 Å². The Morgan fingerprint density at radius 1 is 1.02 bits per heavy atom. The van der Waals surface area contributed by atoms with E-state index in [1.807, 2.05) is 32.0 Å². The van der Waals surface area contributed by atoms with Gasteiger partial charge in [-0.25, -0.2) is 0 Å². The van der Waals surface area contributed by atoms with Crippen LogP contribution in [0.15, 0.2) is 42.5 Å². The predicted octanol–water partition coefficient (Wildman–Crippen LogP) is 2.70. The van der Waals surface area contributed by atoms with Crippen LogP contribution in [-0.2, 0) is 25.6 Å². The number of aryl methyl sites for hydroxylation is 1. The van der Waals surface area contributed by atoms with E-state index < -0.39 is 23.9 Å². The highest BCUT2D eigenvalue weighted by atomic mass is 16.5. The Hall–Kier alpha value is -4.81. The van der Waals surface area contributed by atoms with Gasteiger partial charge in [-0.3, -0.25) is 24.0 Å². The molecule has 2 heterocycles. The first-order valence-corrected chi connectivity index (χ1v) is 17.4. The van der Waals surface area contributed by atoms with Gasteiger partial charge in [0, 0.05) is 26.6 Å². The number of rotatable bonds is 9. The van der Waals surface area contributed by atoms with Crippen LogP contribution in [0.2, 0.25) is 0 Å². The maximum absolute atomic E-state index is 13.7. The molecule has 0 aromatic heterocycles. The van der Waals surface area contributed by atoms with Gasteiger partial charge in [-0.2, -0.15) is 0 Å². The number of ether oxygens (including phenoxy) is 3. The third kappa shape index (κ3) is 10.3. The molecule has 2 aliphatic rings. The lowest BCUT2D eigenvalue weighted by molar-refractivity contribution is -0.144. The van der Waals surface area contributed by atoms with Crippen molar-refractivity contribution in [3.05, 3.63) is 53.6 Å². The Morgan fingerprint density at radius 3 is 2.52 bits per heavy atom. The first kappa shape index (κ1) is 38.0. The van der Waals surface area contributed by atoms with Crippen LogP contribution in [0, 0.1) is 5.92 Å². The number of para-hydroxylation sites is 1. The minimum atomic E-state index is -1.02. The zero-order valence-electron chi connectivity index (χ0n) is 29.8. The summed E-state index contributed by atoms with van der Waals surface area (Å²) >= 11 is 0. The van der Waals surface area contributed by atoms with Gasteiger partial charge < -0.3 is 40.0 Å². The van der Waals surface area contributed by atoms with Crippen molar-refractivity contribution >= 4 is 29.5 Å². The number of carbonyl (C=O) groups excluding carboxylic acids is 5. The van der Waals surface area contributed by atoms with E-state index in [4.69, 9.17) is 14.2 Å². The van der Waals surface area contributed by atoms with Gasteiger partial charge in [-0.1, -0.05) is 32.0 Å². The molecule has 2 aromatic carbocycles. The van der Waals surface area contributed by atoms with Gasteiger partial charge in [0.2, 0.25) is 23.6 Å². The van der Waals surface area contributed by atoms with E-state index in [2.05, 4.69) is 16.0 Å². The molecule has 272 valence electrons. The van der Waals surface area contributed by atoms with Gasteiger partial charge in [0.25, 0.3) is 5.91 Å². The van der Waals surface area contributed by atoms with E-state index in [-0.39, 0.29) is 61.2 Å². The van der Waals surface area contributed by atoms with Crippen LogP contribution in [0.4, 0.5) is 0 Å². The summed E-state index contributed by atoms with van der Waals surface area (Å²) < 4.78 is 16.8. The molecule has 5 amide bonds. The van der Waals surface area contributed by atoms with Gasteiger partial charge >= 0.3 is 0 Å². The topological polar surface area (TPSA) is 156 Å². The van der Waals surface area contributed by atoms with Crippen LogP contribution in [0.1, 0.15) is 68.3 Å². The minimum Gasteiger partial charge on any atom is -0.493 e. The summed E-state index contributed by atoms with van der Waals surface area (Å²) in [5, 5.41) is 8.73. The Kier molecular flexibility index (Phi) is 13.9. The smallest absolute Gasteiger partial charge is 0.255 e. The quantitative estimate of drug-likeness (QED) is 0.339. The normalized spacial score (nSPS) is 20.9. The lowest BCUT2D eigenvalue weighted by Crippen LogP contribution is -2.51. The number of hydrogen-bond donors (Lipinski definition) is 3. The van der Waals surface area contributed by atoms with Gasteiger partial charge in [0.1, 0.15) is 24.4 Å².